The summed E-state index contributed by atoms with van der Waals surface area (Å²) < 4.78 is 0. The average molecular weight is 427 g/mol. The molecule has 30 heavy (non-hydrogen) atoms. The van der Waals surface area contributed by atoms with Crippen LogP contribution in [0.1, 0.15) is 11.1 Å². The molecule has 5 aromatic rings. The first-order valence-electron chi connectivity index (χ1n) is 10.1. The second kappa shape index (κ2) is 8.14. The number of alkyl halides is 2. The van der Waals surface area contributed by atoms with Gasteiger partial charge in [0.25, 0.3) is 0 Å². The molecule has 0 radical (unpaired) electrons. The van der Waals surface area contributed by atoms with Crippen molar-refractivity contribution in [2.45, 2.75) is 11.8 Å². The van der Waals surface area contributed by atoms with Crippen molar-refractivity contribution in [3.63, 3.8) is 0 Å². The van der Waals surface area contributed by atoms with Gasteiger partial charge in [0.05, 0.1) is 0 Å². The van der Waals surface area contributed by atoms with Crippen LogP contribution in [0.5, 0.6) is 0 Å². The topological polar surface area (TPSA) is 0 Å². The molecule has 0 N–H and O–H groups in total. The van der Waals surface area contributed by atoms with E-state index in [9.17, 15) is 0 Å². The summed E-state index contributed by atoms with van der Waals surface area (Å²) in [4.78, 5) is 0. The van der Waals surface area contributed by atoms with Crippen LogP contribution in [-0.2, 0) is 11.8 Å². The Balaban J connectivity index is 2.01. The van der Waals surface area contributed by atoms with Gasteiger partial charge >= 0.3 is 0 Å². The molecule has 0 nitrogen and oxygen atoms in total. The predicted molar refractivity (Wildman–Crippen MR) is 131 cm³/mol. The average Bonchev–Trinajstić information content (AvgIpc) is 2.82. The normalized spacial score (nSPS) is 11.3. The van der Waals surface area contributed by atoms with Crippen LogP contribution in [0.3, 0.4) is 0 Å². The minimum Gasteiger partial charge on any atom is -0.122 e. The standard InChI is InChI=1S/C28H20Cl2/c29-17-19-9-1-3-11-21(19)27-23-13-5-7-15-25(23)28(26-16-8-6-14-24(26)27)22-12-4-2-10-20(22)18-30/h1-16H,17-18H2. The molecule has 0 aliphatic heterocycles. The second-order valence-corrected chi connectivity index (χ2v) is 7.96. The van der Waals surface area contributed by atoms with Crippen LogP contribution in [0.4, 0.5) is 0 Å². The van der Waals surface area contributed by atoms with Crippen molar-refractivity contribution in [1.29, 1.82) is 0 Å². The summed E-state index contributed by atoms with van der Waals surface area (Å²) in [5.41, 5.74) is 7.15. The Hall–Kier alpha value is -2.80. The molecule has 0 spiro atoms. The quantitative estimate of drug-likeness (QED) is 0.199. The van der Waals surface area contributed by atoms with E-state index in [0.29, 0.717) is 11.8 Å². The van der Waals surface area contributed by atoms with Gasteiger partial charge in [-0.05, 0) is 54.9 Å². The molecule has 146 valence electrons. The zero-order valence-corrected chi connectivity index (χ0v) is 17.9. The summed E-state index contributed by atoms with van der Waals surface area (Å²) in [5, 5.41) is 4.92. The molecule has 0 bridgehead atoms. The smallest absolute Gasteiger partial charge is 0.0480 e. The van der Waals surface area contributed by atoms with Gasteiger partial charge in [-0.25, -0.2) is 0 Å². The minimum atomic E-state index is 0.482. The molecule has 0 heterocycles. The van der Waals surface area contributed by atoms with E-state index >= 15 is 0 Å². The van der Waals surface area contributed by atoms with Crippen molar-refractivity contribution in [2.24, 2.45) is 0 Å². The molecule has 0 saturated carbocycles. The lowest BCUT2D eigenvalue weighted by Gasteiger charge is -2.20. The van der Waals surface area contributed by atoms with Gasteiger partial charge in [0.2, 0.25) is 0 Å². The molecule has 0 aromatic heterocycles. The zero-order valence-electron chi connectivity index (χ0n) is 16.4. The number of rotatable bonds is 4. The number of halogens is 2. The Morgan fingerprint density at radius 1 is 0.400 bits per heavy atom. The summed E-state index contributed by atoms with van der Waals surface area (Å²) in [6, 6.07) is 34.2. The van der Waals surface area contributed by atoms with Gasteiger partial charge in [-0.15, -0.1) is 23.2 Å². The molecular weight excluding hydrogens is 407 g/mol. The van der Waals surface area contributed by atoms with E-state index in [-0.39, 0.29) is 0 Å². The summed E-state index contributed by atoms with van der Waals surface area (Å²) in [7, 11) is 0. The lowest BCUT2D eigenvalue weighted by Crippen LogP contribution is -1.94. The highest BCUT2D eigenvalue weighted by Crippen LogP contribution is 2.45. The summed E-state index contributed by atoms with van der Waals surface area (Å²) in [6.07, 6.45) is 0. The van der Waals surface area contributed by atoms with E-state index in [2.05, 4.69) is 97.1 Å². The molecule has 5 aromatic carbocycles. The molecule has 0 atom stereocenters. The van der Waals surface area contributed by atoms with Gasteiger partial charge in [0.15, 0.2) is 0 Å². The third-order valence-corrected chi connectivity index (χ3v) is 6.37. The van der Waals surface area contributed by atoms with Crippen molar-refractivity contribution in [1.82, 2.24) is 0 Å². The summed E-state index contributed by atoms with van der Waals surface area (Å²) >= 11 is 12.7. The minimum absolute atomic E-state index is 0.482. The highest BCUT2D eigenvalue weighted by atomic mass is 35.5. The Morgan fingerprint density at radius 3 is 1.03 bits per heavy atom. The number of hydrogen-bond donors (Lipinski definition) is 0. The van der Waals surface area contributed by atoms with Gasteiger partial charge in [0, 0.05) is 11.8 Å². The molecule has 0 fully saturated rings. The molecule has 0 amide bonds. The van der Waals surface area contributed by atoms with Crippen molar-refractivity contribution in [3.05, 3.63) is 108 Å². The Labute approximate surface area is 186 Å². The maximum atomic E-state index is 6.34. The van der Waals surface area contributed by atoms with Gasteiger partial charge in [-0.1, -0.05) is 97.1 Å². The fraction of sp³-hybridized carbons (Fsp3) is 0.0714. The SMILES string of the molecule is ClCc1ccccc1-c1c2ccccc2c(-c2ccccc2CCl)c2ccccc12. The van der Waals surface area contributed by atoms with Crippen molar-refractivity contribution in [3.8, 4) is 22.3 Å². The van der Waals surface area contributed by atoms with Gasteiger partial charge < -0.3 is 0 Å². The van der Waals surface area contributed by atoms with E-state index in [1.807, 2.05) is 0 Å². The van der Waals surface area contributed by atoms with Gasteiger partial charge in [-0.3, -0.25) is 0 Å². The molecule has 5 rings (SSSR count). The Kier molecular flexibility index (Phi) is 5.21. The predicted octanol–water partition coefficient (Wildman–Crippen LogP) is 8.80. The summed E-state index contributed by atoms with van der Waals surface area (Å²) in [6.45, 7) is 0. The van der Waals surface area contributed by atoms with Crippen molar-refractivity contribution < 1.29 is 0 Å². The lowest BCUT2D eigenvalue weighted by molar-refractivity contribution is 1.40. The molecule has 0 aliphatic rings. The first-order valence-corrected chi connectivity index (χ1v) is 11.1. The Bertz CT molecular complexity index is 1210. The third-order valence-electron chi connectivity index (χ3n) is 5.79. The van der Waals surface area contributed by atoms with Crippen LogP contribution in [0.15, 0.2) is 97.1 Å². The van der Waals surface area contributed by atoms with E-state index in [1.54, 1.807) is 0 Å². The van der Waals surface area contributed by atoms with Crippen LogP contribution in [0, 0.1) is 0 Å². The molecular formula is C28H20Cl2. The first kappa shape index (κ1) is 19.2. The van der Waals surface area contributed by atoms with Gasteiger partial charge in [0.1, 0.15) is 0 Å². The maximum absolute atomic E-state index is 6.34. The summed E-state index contributed by atoms with van der Waals surface area (Å²) in [5.74, 6) is 0.964. The van der Waals surface area contributed by atoms with Gasteiger partial charge in [-0.2, -0.15) is 0 Å². The lowest BCUT2D eigenvalue weighted by atomic mass is 9.84. The highest BCUT2D eigenvalue weighted by Gasteiger charge is 2.18. The first-order chi connectivity index (χ1) is 14.8. The fourth-order valence-electron chi connectivity index (χ4n) is 4.47. The van der Waals surface area contributed by atoms with E-state index in [1.165, 1.54) is 43.8 Å². The Morgan fingerprint density at radius 2 is 0.700 bits per heavy atom. The molecule has 0 aliphatic carbocycles. The van der Waals surface area contributed by atoms with E-state index in [4.69, 9.17) is 23.2 Å². The maximum Gasteiger partial charge on any atom is 0.0480 e. The third kappa shape index (κ3) is 3.08. The number of hydrogen-bond acceptors (Lipinski definition) is 0. The fourth-order valence-corrected chi connectivity index (χ4v) is 4.94. The monoisotopic (exact) mass is 426 g/mol. The van der Waals surface area contributed by atoms with Crippen molar-refractivity contribution in [2.75, 3.05) is 0 Å². The number of fused-ring (bicyclic) bond motifs is 2. The van der Waals surface area contributed by atoms with E-state index < -0.39 is 0 Å². The largest absolute Gasteiger partial charge is 0.122 e. The van der Waals surface area contributed by atoms with Crippen LogP contribution in [0.2, 0.25) is 0 Å². The number of benzene rings is 5. The molecule has 0 unspecified atom stereocenters. The van der Waals surface area contributed by atoms with Crippen LogP contribution in [-0.4, -0.2) is 0 Å². The highest BCUT2D eigenvalue weighted by molar-refractivity contribution is 6.23. The molecule has 2 heteroatoms. The molecule has 0 saturated heterocycles. The van der Waals surface area contributed by atoms with Crippen molar-refractivity contribution >= 4 is 44.7 Å². The van der Waals surface area contributed by atoms with Crippen LogP contribution in [0.25, 0.3) is 43.8 Å². The van der Waals surface area contributed by atoms with E-state index in [0.717, 1.165) is 11.1 Å². The zero-order chi connectivity index (χ0) is 20.5. The van der Waals surface area contributed by atoms with Crippen LogP contribution < -0.4 is 0 Å². The second-order valence-electron chi connectivity index (χ2n) is 7.42. The van der Waals surface area contributed by atoms with Crippen LogP contribution >= 0.6 is 23.2 Å².